The van der Waals surface area contributed by atoms with Crippen LogP contribution in [0, 0.1) is 11.6 Å². The molecule has 1 N–H and O–H groups in total. The van der Waals surface area contributed by atoms with E-state index in [0.717, 1.165) is 42.7 Å². The van der Waals surface area contributed by atoms with Crippen molar-refractivity contribution in [2.45, 2.75) is 38.4 Å². The Morgan fingerprint density at radius 1 is 1.06 bits per heavy atom. The van der Waals surface area contributed by atoms with Crippen molar-refractivity contribution >= 4 is 23.2 Å². The largest absolute Gasteiger partial charge is 0.493 e. The predicted octanol–water partition coefficient (Wildman–Crippen LogP) is 6.49. The van der Waals surface area contributed by atoms with Crippen molar-refractivity contribution in [1.82, 2.24) is 19.6 Å². The number of hydrogen-bond acceptors (Lipinski definition) is 5. The number of aryl methyl sites for hydroxylation is 1. The number of nitrogens with one attached hydrogen (secondary N) is 1. The van der Waals surface area contributed by atoms with Crippen LogP contribution in [-0.4, -0.2) is 38.4 Å². The molecular weight excluding hydrogens is 505 g/mol. The van der Waals surface area contributed by atoms with E-state index < -0.39 is 46.0 Å². The number of nitrogens with zero attached hydrogens (tertiary/aromatic N) is 4. The molecule has 4 aromatic rings. The fourth-order valence-electron chi connectivity index (χ4n) is 3.60. The molecule has 0 spiro atoms. The van der Waals surface area contributed by atoms with Crippen molar-refractivity contribution in [3.63, 3.8) is 0 Å². The third-order valence-corrected chi connectivity index (χ3v) is 5.74. The number of benzene rings is 2. The number of alkyl halides is 3. The number of halogens is 6. The van der Waals surface area contributed by atoms with Crippen LogP contribution in [0.4, 0.5) is 27.8 Å². The molecule has 0 aliphatic carbocycles. The maximum Gasteiger partial charge on any atom is 0.408 e. The number of anilines is 1. The number of aromatic nitrogens is 4. The molecule has 0 saturated heterocycles. The van der Waals surface area contributed by atoms with Gasteiger partial charge in [0.05, 0.1) is 17.7 Å². The van der Waals surface area contributed by atoms with E-state index in [1.54, 1.807) is 0 Å². The van der Waals surface area contributed by atoms with Gasteiger partial charge in [-0.3, -0.25) is 0 Å². The summed E-state index contributed by atoms with van der Waals surface area (Å²) in [6.07, 6.45) is -1.31. The number of fused-ring (bicyclic) bond motifs is 1. The number of rotatable bonds is 9. The van der Waals surface area contributed by atoms with Crippen molar-refractivity contribution in [3.8, 4) is 16.9 Å². The quantitative estimate of drug-likeness (QED) is 0.154. The van der Waals surface area contributed by atoms with Gasteiger partial charge in [-0.15, -0.1) is 0 Å². The van der Waals surface area contributed by atoms with Gasteiger partial charge in [0, 0.05) is 12.1 Å². The molecule has 4 rings (SSSR count). The fraction of sp³-hybridized carbons (Fsp3) is 0.292. The Hall–Kier alpha value is -3.47. The van der Waals surface area contributed by atoms with E-state index in [-0.39, 0.29) is 18.1 Å². The van der Waals surface area contributed by atoms with Crippen LogP contribution in [0.5, 0.6) is 5.75 Å². The lowest BCUT2D eigenvalue weighted by Crippen LogP contribution is -2.34. The van der Waals surface area contributed by atoms with E-state index in [0.29, 0.717) is 6.42 Å². The summed E-state index contributed by atoms with van der Waals surface area (Å²) in [4.78, 5) is 7.71. The molecular formula is C24H21ClF5N5O. The molecule has 2 aromatic carbocycles. The molecule has 2 heterocycles. The van der Waals surface area contributed by atoms with Gasteiger partial charge < -0.3 is 10.1 Å². The Morgan fingerprint density at radius 2 is 1.75 bits per heavy atom. The normalized spacial score (nSPS) is 12.6. The minimum absolute atomic E-state index is 0.0578. The van der Waals surface area contributed by atoms with Crippen molar-refractivity contribution in [3.05, 3.63) is 71.1 Å². The van der Waals surface area contributed by atoms with Gasteiger partial charge in [-0.25, -0.2) is 8.78 Å². The van der Waals surface area contributed by atoms with Gasteiger partial charge in [0.1, 0.15) is 40.7 Å². The highest BCUT2D eigenvalue weighted by atomic mass is 35.5. The number of unbranched alkanes of at least 4 members (excludes halogenated alkanes) is 1. The average molecular weight is 526 g/mol. The second kappa shape index (κ2) is 10.7. The van der Waals surface area contributed by atoms with Crippen molar-refractivity contribution in [2.75, 3.05) is 11.9 Å². The standard InChI is InChI=1S/C24H21ClF5N5O/c1-14(24(28,29)30)33-22-20(21(25)34-23-31-13-32-35(22)23)19-17(26)11-16(12-18(19)27)36-10-6-5-9-15-7-3-2-4-8-15/h2-4,7-8,11-14,33H,5-6,9-10H2,1H3/t14-/m0/s1. The lowest BCUT2D eigenvalue weighted by Gasteiger charge is -2.21. The van der Waals surface area contributed by atoms with Gasteiger partial charge in [-0.2, -0.15) is 32.8 Å². The Kier molecular flexibility index (Phi) is 7.58. The van der Waals surface area contributed by atoms with Crippen molar-refractivity contribution < 1.29 is 26.7 Å². The highest BCUT2D eigenvalue weighted by Gasteiger charge is 2.37. The summed E-state index contributed by atoms with van der Waals surface area (Å²) >= 11 is 6.17. The molecule has 0 amide bonds. The maximum absolute atomic E-state index is 15.1. The van der Waals surface area contributed by atoms with Crippen LogP contribution in [0.3, 0.4) is 0 Å². The number of hydrogen-bond donors (Lipinski definition) is 1. The first-order chi connectivity index (χ1) is 17.1. The summed E-state index contributed by atoms with van der Waals surface area (Å²) in [6.45, 7) is 1.08. The smallest absolute Gasteiger partial charge is 0.408 e. The minimum atomic E-state index is -4.66. The average Bonchev–Trinajstić information content (AvgIpc) is 3.28. The molecule has 0 saturated carbocycles. The van der Waals surface area contributed by atoms with E-state index in [1.807, 2.05) is 30.3 Å². The number of ether oxygens (including phenoxy) is 1. The van der Waals surface area contributed by atoms with Crippen molar-refractivity contribution in [2.24, 2.45) is 0 Å². The van der Waals surface area contributed by atoms with Gasteiger partial charge in [0.15, 0.2) is 0 Å². The van der Waals surface area contributed by atoms with E-state index in [2.05, 4.69) is 20.4 Å². The van der Waals surface area contributed by atoms with E-state index in [1.165, 1.54) is 5.56 Å². The first-order valence-electron chi connectivity index (χ1n) is 11.0. The molecule has 1 atom stereocenters. The Morgan fingerprint density at radius 3 is 2.42 bits per heavy atom. The summed E-state index contributed by atoms with van der Waals surface area (Å²) in [7, 11) is 0. The molecule has 0 fully saturated rings. The molecule has 0 radical (unpaired) electrons. The van der Waals surface area contributed by atoms with Gasteiger partial charge in [-0.05, 0) is 31.7 Å². The second-order valence-corrected chi connectivity index (χ2v) is 8.42. The molecule has 0 bridgehead atoms. The van der Waals surface area contributed by atoms with Gasteiger partial charge >= 0.3 is 6.18 Å². The monoisotopic (exact) mass is 525 g/mol. The molecule has 0 aliphatic rings. The first kappa shape index (κ1) is 25.6. The topological polar surface area (TPSA) is 64.3 Å². The Balaban J connectivity index is 1.58. The van der Waals surface area contributed by atoms with Gasteiger partial charge in [0.2, 0.25) is 0 Å². The van der Waals surface area contributed by atoms with Gasteiger partial charge in [-0.1, -0.05) is 41.9 Å². The van der Waals surface area contributed by atoms with Crippen LogP contribution in [0.15, 0.2) is 48.8 Å². The maximum atomic E-state index is 15.1. The molecule has 36 heavy (non-hydrogen) atoms. The van der Waals surface area contributed by atoms with E-state index in [4.69, 9.17) is 16.3 Å². The zero-order chi connectivity index (χ0) is 25.9. The van der Waals surface area contributed by atoms with E-state index >= 15 is 8.78 Å². The Labute approximate surface area is 208 Å². The second-order valence-electron chi connectivity index (χ2n) is 8.06. The van der Waals surface area contributed by atoms with Crippen LogP contribution in [0.2, 0.25) is 5.15 Å². The zero-order valence-electron chi connectivity index (χ0n) is 19.0. The first-order valence-corrected chi connectivity index (χ1v) is 11.4. The van der Waals surface area contributed by atoms with Crippen LogP contribution in [-0.2, 0) is 6.42 Å². The highest BCUT2D eigenvalue weighted by molar-refractivity contribution is 6.33. The summed E-state index contributed by atoms with van der Waals surface area (Å²) in [6, 6.07) is 9.68. The zero-order valence-corrected chi connectivity index (χ0v) is 19.7. The van der Waals surface area contributed by atoms with Gasteiger partial charge in [0.25, 0.3) is 5.78 Å². The minimum Gasteiger partial charge on any atom is -0.493 e. The summed E-state index contributed by atoms with van der Waals surface area (Å²) < 4.78 is 76.5. The van der Waals surface area contributed by atoms with Crippen molar-refractivity contribution in [1.29, 1.82) is 0 Å². The molecule has 0 unspecified atom stereocenters. The van der Waals surface area contributed by atoms with Crippen LogP contribution in [0.25, 0.3) is 16.9 Å². The summed E-state index contributed by atoms with van der Waals surface area (Å²) in [5.41, 5.74) is 0.0893. The summed E-state index contributed by atoms with van der Waals surface area (Å²) in [5.74, 6) is -2.77. The SMILES string of the molecule is C[C@H](Nc1c(-c2c(F)cc(OCCCCc3ccccc3)cc2F)c(Cl)nc2ncnn12)C(F)(F)F. The van der Waals surface area contributed by atoms with E-state index in [9.17, 15) is 13.2 Å². The molecule has 2 aromatic heterocycles. The molecule has 12 heteroatoms. The van der Waals surface area contributed by atoms with Crippen LogP contribution in [0.1, 0.15) is 25.3 Å². The predicted molar refractivity (Wildman–Crippen MR) is 125 cm³/mol. The van der Waals surface area contributed by atoms with Crippen LogP contribution >= 0.6 is 11.6 Å². The lowest BCUT2D eigenvalue weighted by atomic mass is 10.1. The molecule has 190 valence electrons. The molecule has 6 nitrogen and oxygen atoms in total. The lowest BCUT2D eigenvalue weighted by molar-refractivity contribution is -0.138. The molecule has 0 aliphatic heterocycles. The third-order valence-electron chi connectivity index (χ3n) is 5.46. The highest BCUT2D eigenvalue weighted by Crippen LogP contribution is 2.39. The third kappa shape index (κ3) is 5.67. The fourth-order valence-corrected chi connectivity index (χ4v) is 3.86. The Bertz CT molecular complexity index is 1320. The van der Waals surface area contributed by atoms with Crippen LogP contribution < -0.4 is 10.1 Å². The summed E-state index contributed by atoms with van der Waals surface area (Å²) in [5, 5.41) is 5.57.